The van der Waals surface area contributed by atoms with E-state index in [1.54, 1.807) is 0 Å². The molecule has 3 heteroatoms. The summed E-state index contributed by atoms with van der Waals surface area (Å²) in [4.78, 5) is 6.39. The van der Waals surface area contributed by atoms with E-state index in [0.29, 0.717) is 6.54 Å². The lowest BCUT2D eigenvalue weighted by molar-refractivity contribution is 0.262. The number of nitrogens with zero attached hydrogens (tertiary/aromatic N) is 2. The zero-order valence-corrected chi connectivity index (χ0v) is 9.20. The molecule has 2 N–H and O–H groups in total. The van der Waals surface area contributed by atoms with Crippen LogP contribution in [-0.2, 0) is 0 Å². The second kappa shape index (κ2) is 5.08. The van der Waals surface area contributed by atoms with E-state index < -0.39 is 0 Å². The number of hydrogen-bond acceptors (Lipinski definition) is 3. The van der Waals surface area contributed by atoms with Gasteiger partial charge in [-0.1, -0.05) is 6.92 Å². The summed E-state index contributed by atoms with van der Waals surface area (Å²) in [6.45, 7) is 5.87. The van der Waals surface area contributed by atoms with Crippen LogP contribution in [0.2, 0.25) is 0 Å². The molecule has 0 amide bonds. The van der Waals surface area contributed by atoms with Crippen molar-refractivity contribution in [3.8, 4) is 0 Å². The molecule has 1 aromatic heterocycles. The van der Waals surface area contributed by atoms with Crippen LogP contribution < -0.4 is 5.73 Å². The summed E-state index contributed by atoms with van der Waals surface area (Å²) in [5, 5.41) is 0. The molecule has 78 valence electrons. The maximum Gasteiger partial charge on any atom is 0.0485 e. The highest BCUT2D eigenvalue weighted by molar-refractivity contribution is 5.25. The first-order valence-corrected chi connectivity index (χ1v) is 5.01. The van der Waals surface area contributed by atoms with Gasteiger partial charge in [-0.3, -0.25) is 9.88 Å². The second-order valence-electron chi connectivity index (χ2n) is 3.56. The van der Waals surface area contributed by atoms with E-state index >= 15 is 0 Å². The van der Waals surface area contributed by atoms with Crippen molar-refractivity contribution in [2.24, 2.45) is 5.73 Å². The smallest absolute Gasteiger partial charge is 0.0485 e. The fourth-order valence-corrected chi connectivity index (χ4v) is 1.59. The minimum Gasteiger partial charge on any atom is -0.329 e. The summed E-state index contributed by atoms with van der Waals surface area (Å²) in [5.74, 6) is 0. The first-order valence-electron chi connectivity index (χ1n) is 5.01. The molecule has 0 fully saturated rings. The first-order chi connectivity index (χ1) is 6.70. The van der Waals surface area contributed by atoms with Crippen molar-refractivity contribution in [2.75, 3.05) is 20.1 Å². The molecule has 0 aliphatic carbocycles. The standard InChI is InChI=1S/C11H19N3/c1-4-14(3)11(7-12)10-8-13-6-5-9(10)2/h5-6,8,11H,4,7,12H2,1-3H3. The Balaban J connectivity index is 2.94. The molecule has 14 heavy (non-hydrogen) atoms. The highest BCUT2D eigenvalue weighted by Gasteiger charge is 2.15. The molecule has 1 aromatic rings. The van der Waals surface area contributed by atoms with Crippen LogP contribution in [0.5, 0.6) is 0 Å². The summed E-state index contributed by atoms with van der Waals surface area (Å²) in [7, 11) is 2.09. The predicted octanol–water partition coefficient (Wildman–Crippen LogP) is 1.34. The average molecular weight is 193 g/mol. The number of likely N-dealkylation sites (N-methyl/N-ethyl adjacent to an activating group) is 1. The topological polar surface area (TPSA) is 42.1 Å². The summed E-state index contributed by atoms with van der Waals surface area (Å²) in [6.07, 6.45) is 3.73. The Bertz CT molecular complexity index is 286. The van der Waals surface area contributed by atoms with E-state index in [-0.39, 0.29) is 6.04 Å². The molecule has 3 nitrogen and oxygen atoms in total. The number of rotatable bonds is 4. The Morgan fingerprint density at radius 3 is 2.79 bits per heavy atom. The molecule has 1 unspecified atom stereocenters. The second-order valence-corrected chi connectivity index (χ2v) is 3.56. The van der Waals surface area contributed by atoms with Gasteiger partial charge in [-0.05, 0) is 37.7 Å². The summed E-state index contributed by atoms with van der Waals surface area (Å²) in [5.41, 5.74) is 8.28. The molecule has 0 aliphatic rings. The van der Waals surface area contributed by atoms with Crippen LogP contribution >= 0.6 is 0 Å². The Hall–Kier alpha value is -0.930. The van der Waals surface area contributed by atoms with Crippen LogP contribution in [0.3, 0.4) is 0 Å². The lowest BCUT2D eigenvalue weighted by atomic mass is 10.0. The maximum atomic E-state index is 5.78. The quantitative estimate of drug-likeness (QED) is 0.784. The van der Waals surface area contributed by atoms with Crippen molar-refractivity contribution in [1.82, 2.24) is 9.88 Å². The van der Waals surface area contributed by atoms with Gasteiger partial charge in [0.15, 0.2) is 0 Å². The average Bonchev–Trinajstić information content (AvgIpc) is 2.21. The molecular weight excluding hydrogens is 174 g/mol. The number of pyridine rings is 1. The maximum absolute atomic E-state index is 5.78. The van der Waals surface area contributed by atoms with Gasteiger partial charge in [0.2, 0.25) is 0 Å². The fourth-order valence-electron chi connectivity index (χ4n) is 1.59. The van der Waals surface area contributed by atoms with Crippen molar-refractivity contribution < 1.29 is 0 Å². The molecule has 1 heterocycles. The molecule has 0 bridgehead atoms. The van der Waals surface area contributed by atoms with E-state index in [4.69, 9.17) is 5.73 Å². The number of hydrogen-bond donors (Lipinski definition) is 1. The van der Waals surface area contributed by atoms with Gasteiger partial charge < -0.3 is 5.73 Å². The normalized spacial score (nSPS) is 13.2. The van der Waals surface area contributed by atoms with E-state index in [1.807, 2.05) is 18.5 Å². The Labute approximate surface area is 85.9 Å². The molecule has 0 spiro atoms. The zero-order valence-electron chi connectivity index (χ0n) is 9.20. The van der Waals surface area contributed by atoms with Crippen LogP contribution in [0.25, 0.3) is 0 Å². The highest BCUT2D eigenvalue weighted by Crippen LogP contribution is 2.20. The van der Waals surface area contributed by atoms with Crippen molar-refractivity contribution in [3.05, 3.63) is 29.6 Å². The molecule has 0 aromatic carbocycles. The van der Waals surface area contributed by atoms with Crippen molar-refractivity contribution in [1.29, 1.82) is 0 Å². The van der Waals surface area contributed by atoms with Gasteiger partial charge in [0.05, 0.1) is 0 Å². The molecule has 0 saturated carbocycles. The zero-order chi connectivity index (χ0) is 10.6. The third kappa shape index (κ3) is 2.30. The van der Waals surface area contributed by atoms with E-state index in [1.165, 1.54) is 11.1 Å². The summed E-state index contributed by atoms with van der Waals surface area (Å²) < 4.78 is 0. The van der Waals surface area contributed by atoms with Crippen LogP contribution in [0.4, 0.5) is 0 Å². The molecule has 1 rings (SSSR count). The van der Waals surface area contributed by atoms with Crippen LogP contribution in [0.1, 0.15) is 24.1 Å². The van der Waals surface area contributed by atoms with Crippen LogP contribution in [-0.4, -0.2) is 30.0 Å². The molecule has 1 atom stereocenters. The van der Waals surface area contributed by atoms with Gasteiger partial charge in [0, 0.05) is 25.0 Å². The Morgan fingerprint density at radius 2 is 2.29 bits per heavy atom. The lowest BCUT2D eigenvalue weighted by Gasteiger charge is -2.26. The third-order valence-electron chi connectivity index (χ3n) is 2.69. The van der Waals surface area contributed by atoms with Crippen molar-refractivity contribution >= 4 is 0 Å². The first kappa shape index (κ1) is 11.1. The van der Waals surface area contributed by atoms with E-state index in [2.05, 4.69) is 30.8 Å². The van der Waals surface area contributed by atoms with Gasteiger partial charge in [-0.2, -0.15) is 0 Å². The number of aryl methyl sites for hydroxylation is 1. The van der Waals surface area contributed by atoms with Gasteiger partial charge in [-0.15, -0.1) is 0 Å². The van der Waals surface area contributed by atoms with Crippen LogP contribution in [0.15, 0.2) is 18.5 Å². The molecule has 0 saturated heterocycles. The van der Waals surface area contributed by atoms with Gasteiger partial charge in [0.1, 0.15) is 0 Å². The van der Waals surface area contributed by atoms with E-state index in [9.17, 15) is 0 Å². The SMILES string of the molecule is CCN(C)C(CN)c1cnccc1C. The third-order valence-corrected chi connectivity index (χ3v) is 2.69. The van der Waals surface area contributed by atoms with Gasteiger partial charge >= 0.3 is 0 Å². The van der Waals surface area contributed by atoms with Gasteiger partial charge in [-0.25, -0.2) is 0 Å². The fraction of sp³-hybridized carbons (Fsp3) is 0.545. The monoisotopic (exact) mass is 193 g/mol. The number of nitrogens with two attached hydrogens (primary N) is 1. The predicted molar refractivity (Wildman–Crippen MR) is 59.1 cm³/mol. The Kier molecular flexibility index (Phi) is 4.04. The molecular formula is C11H19N3. The minimum atomic E-state index is 0.286. The number of aromatic nitrogens is 1. The molecule has 0 radical (unpaired) electrons. The van der Waals surface area contributed by atoms with Gasteiger partial charge in [0.25, 0.3) is 0 Å². The summed E-state index contributed by atoms with van der Waals surface area (Å²) in [6, 6.07) is 2.32. The minimum absolute atomic E-state index is 0.286. The van der Waals surface area contributed by atoms with Crippen LogP contribution in [0, 0.1) is 6.92 Å². The summed E-state index contributed by atoms with van der Waals surface area (Å²) >= 11 is 0. The Morgan fingerprint density at radius 1 is 1.57 bits per heavy atom. The lowest BCUT2D eigenvalue weighted by Crippen LogP contribution is -2.30. The highest BCUT2D eigenvalue weighted by atomic mass is 15.1. The van der Waals surface area contributed by atoms with Crippen molar-refractivity contribution in [3.63, 3.8) is 0 Å². The van der Waals surface area contributed by atoms with E-state index in [0.717, 1.165) is 6.54 Å². The molecule has 0 aliphatic heterocycles. The largest absolute Gasteiger partial charge is 0.329 e. The van der Waals surface area contributed by atoms with Crippen molar-refractivity contribution in [2.45, 2.75) is 19.9 Å².